The third-order valence-electron chi connectivity index (χ3n) is 2.45. The molecule has 0 saturated carbocycles. The summed E-state index contributed by atoms with van der Waals surface area (Å²) in [5.41, 5.74) is 0.268. The van der Waals surface area contributed by atoms with Crippen LogP contribution in [-0.4, -0.2) is 36.0 Å². The molecule has 0 heterocycles. The number of carbonyl (C=O) groups is 1. The molecule has 0 radical (unpaired) electrons. The topological polar surface area (TPSA) is 88.0 Å². The second kappa shape index (κ2) is 6.63. The Morgan fingerprint density at radius 1 is 1.35 bits per heavy atom. The van der Waals surface area contributed by atoms with Gasteiger partial charge in [-0.2, -0.15) is 0 Å². The molecular formula is C13H20BNO5. The van der Waals surface area contributed by atoms with E-state index in [9.17, 15) is 14.8 Å². The van der Waals surface area contributed by atoms with Crippen molar-refractivity contribution < 1.29 is 24.3 Å². The predicted octanol–water partition coefficient (Wildman–Crippen LogP) is 0.400. The highest BCUT2D eigenvalue weighted by molar-refractivity contribution is 6.59. The van der Waals surface area contributed by atoms with Gasteiger partial charge in [0.2, 0.25) is 0 Å². The number of rotatable bonds is 4. The first-order chi connectivity index (χ1) is 9.23. The first-order valence-electron chi connectivity index (χ1n) is 6.22. The number of amides is 1. The third-order valence-corrected chi connectivity index (χ3v) is 2.45. The molecule has 0 unspecified atom stereocenters. The van der Waals surface area contributed by atoms with Crippen LogP contribution in [0.1, 0.15) is 26.3 Å². The van der Waals surface area contributed by atoms with Gasteiger partial charge in [0, 0.05) is 6.54 Å². The lowest BCUT2D eigenvalue weighted by molar-refractivity contribution is 0.0523. The Morgan fingerprint density at radius 3 is 2.50 bits per heavy atom. The monoisotopic (exact) mass is 281 g/mol. The number of ether oxygens (including phenoxy) is 2. The van der Waals surface area contributed by atoms with Gasteiger partial charge in [-0.15, -0.1) is 0 Å². The highest BCUT2D eigenvalue weighted by atomic mass is 16.6. The Labute approximate surface area is 118 Å². The molecule has 3 N–H and O–H groups in total. The molecule has 0 spiro atoms. The number of methoxy groups -OCH3 is 1. The van der Waals surface area contributed by atoms with Crippen molar-refractivity contribution >= 4 is 18.7 Å². The summed E-state index contributed by atoms with van der Waals surface area (Å²) in [5, 5.41) is 21.1. The van der Waals surface area contributed by atoms with Crippen LogP contribution in [-0.2, 0) is 11.3 Å². The molecule has 0 fully saturated rings. The van der Waals surface area contributed by atoms with Crippen LogP contribution >= 0.6 is 0 Å². The van der Waals surface area contributed by atoms with E-state index in [0.29, 0.717) is 16.8 Å². The van der Waals surface area contributed by atoms with Crippen molar-refractivity contribution in [3.63, 3.8) is 0 Å². The van der Waals surface area contributed by atoms with Gasteiger partial charge >= 0.3 is 13.2 Å². The lowest BCUT2D eigenvalue weighted by Gasteiger charge is -2.20. The average Bonchev–Trinajstić information content (AvgIpc) is 2.33. The molecule has 110 valence electrons. The molecule has 0 aliphatic heterocycles. The van der Waals surface area contributed by atoms with Crippen LogP contribution in [0.5, 0.6) is 5.75 Å². The second-order valence-electron chi connectivity index (χ2n) is 5.29. The fraction of sp³-hybridized carbons (Fsp3) is 0.462. The van der Waals surface area contributed by atoms with Gasteiger partial charge in [-0.3, -0.25) is 0 Å². The van der Waals surface area contributed by atoms with Gasteiger partial charge < -0.3 is 24.8 Å². The van der Waals surface area contributed by atoms with Crippen molar-refractivity contribution in [2.45, 2.75) is 32.9 Å². The van der Waals surface area contributed by atoms with E-state index in [0.717, 1.165) is 0 Å². The molecule has 1 aromatic carbocycles. The fourth-order valence-electron chi connectivity index (χ4n) is 1.60. The zero-order valence-corrected chi connectivity index (χ0v) is 12.1. The Balaban J connectivity index is 2.78. The molecule has 0 aliphatic carbocycles. The first-order valence-corrected chi connectivity index (χ1v) is 6.22. The van der Waals surface area contributed by atoms with Crippen molar-refractivity contribution in [1.82, 2.24) is 5.32 Å². The maximum atomic E-state index is 11.6. The highest BCUT2D eigenvalue weighted by Gasteiger charge is 2.19. The van der Waals surface area contributed by atoms with Crippen molar-refractivity contribution in [1.29, 1.82) is 0 Å². The fourth-order valence-corrected chi connectivity index (χ4v) is 1.60. The molecule has 1 aromatic rings. The van der Waals surface area contributed by atoms with Gasteiger partial charge in [-0.1, -0.05) is 6.07 Å². The first kappa shape index (κ1) is 16.3. The number of benzene rings is 1. The van der Waals surface area contributed by atoms with Crippen LogP contribution in [0.25, 0.3) is 0 Å². The standard InChI is InChI=1S/C13H20BNO5/c1-13(2,3)20-12(16)15-8-9-7-10(19-4)5-6-11(9)14(17)18/h5-7,17-18H,8H2,1-4H3,(H,15,16). The lowest BCUT2D eigenvalue weighted by atomic mass is 9.77. The Hall–Kier alpha value is -1.73. The molecular weight excluding hydrogens is 261 g/mol. The van der Waals surface area contributed by atoms with Gasteiger partial charge in [-0.25, -0.2) is 4.79 Å². The van der Waals surface area contributed by atoms with E-state index in [2.05, 4.69) is 5.32 Å². The zero-order valence-electron chi connectivity index (χ0n) is 12.1. The van der Waals surface area contributed by atoms with E-state index in [4.69, 9.17) is 9.47 Å². The van der Waals surface area contributed by atoms with Gasteiger partial charge in [0.15, 0.2) is 0 Å². The molecule has 20 heavy (non-hydrogen) atoms. The molecule has 1 amide bonds. The molecule has 6 nitrogen and oxygen atoms in total. The summed E-state index contributed by atoms with van der Waals surface area (Å²) < 4.78 is 10.2. The number of hydrogen-bond acceptors (Lipinski definition) is 5. The van der Waals surface area contributed by atoms with Crippen molar-refractivity contribution in [3.8, 4) is 5.75 Å². The zero-order chi connectivity index (χ0) is 15.3. The highest BCUT2D eigenvalue weighted by Crippen LogP contribution is 2.12. The Morgan fingerprint density at radius 2 is 2.00 bits per heavy atom. The van der Waals surface area contributed by atoms with E-state index in [1.54, 1.807) is 32.9 Å². The molecule has 0 aliphatic rings. The SMILES string of the molecule is COc1ccc(B(O)O)c(CNC(=O)OC(C)(C)C)c1. The molecule has 0 saturated heterocycles. The van der Waals surface area contributed by atoms with Crippen molar-refractivity contribution in [2.24, 2.45) is 0 Å². The van der Waals surface area contributed by atoms with E-state index in [1.807, 2.05) is 0 Å². The average molecular weight is 281 g/mol. The Bertz CT molecular complexity index is 470. The van der Waals surface area contributed by atoms with E-state index < -0.39 is 18.8 Å². The van der Waals surface area contributed by atoms with Gasteiger partial charge in [0.05, 0.1) is 7.11 Å². The summed E-state index contributed by atoms with van der Waals surface area (Å²) in [4.78, 5) is 11.6. The van der Waals surface area contributed by atoms with Crippen LogP contribution in [0.4, 0.5) is 4.79 Å². The number of nitrogens with one attached hydrogen (secondary N) is 1. The maximum Gasteiger partial charge on any atom is 0.488 e. The van der Waals surface area contributed by atoms with Crippen LogP contribution in [0.15, 0.2) is 18.2 Å². The normalized spacial score (nSPS) is 10.9. The van der Waals surface area contributed by atoms with Gasteiger partial charge in [0.1, 0.15) is 11.4 Å². The molecule has 0 bridgehead atoms. The lowest BCUT2D eigenvalue weighted by Crippen LogP contribution is -2.37. The number of alkyl carbamates (subject to hydrolysis) is 1. The third kappa shape index (κ3) is 5.10. The van der Waals surface area contributed by atoms with E-state index in [1.165, 1.54) is 13.2 Å². The summed E-state index contributed by atoms with van der Waals surface area (Å²) in [6.45, 7) is 5.40. The van der Waals surface area contributed by atoms with E-state index in [-0.39, 0.29) is 6.54 Å². The van der Waals surface area contributed by atoms with Crippen molar-refractivity contribution in [2.75, 3.05) is 7.11 Å². The van der Waals surface area contributed by atoms with Crippen LogP contribution in [0, 0.1) is 0 Å². The minimum absolute atomic E-state index is 0.110. The molecule has 7 heteroatoms. The van der Waals surface area contributed by atoms with Gasteiger partial charge in [0.25, 0.3) is 0 Å². The summed E-state index contributed by atoms with van der Waals surface area (Å²) >= 11 is 0. The summed E-state index contributed by atoms with van der Waals surface area (Å²) in [6.07, 6.45) is -0.571. The van der Waals surface area contributed by atoms with Crippen LogP contribution in [0.2, 0.25) is 0 Å². The summed E-state index contributed by atoms with van der Waals surface area (Å²) in [6, 6.07) is 4.79. The summed E-state index contributed by atoms with van der Waals surface area (Å²) in [5.74, 6) is 0.565. The van der Waals surface area contributed by atoms with Crippen molar-refractivity contribution in [3.05, 3.63) is 23.8 Å². The number of carbonyl (C=O) groups excluding carboxylic acids is 1. The Kier molecular flexibility index (Phi) is 5.41. The second-order valence-corrected chi connectivity index (χ2v) is 5.29. The maximum absolute atomic E-state index is 11.6. The summed E-state index contributed by atoms with van der Waals surface area (Å²) in [7, 11) is -0.105. The van der Waals surface area contributed by atoms with Crippen LogP contribution in [0.3, 0.4) is 0 Å². The van der Waals surface area contributed by atoms with Gasteiger partial charge in [-0.05, 0) is 43.9 Å². The molecule has 0 aromatic heterocycles. The quantitative estimate of drug-likeness (QED) is 0.695. The van der Waals surface area contributed by atoms with Crippen LogP contribution < -0.4 is 15.5 Å². The predicted molar refractivity (Wildman–Crippen MR) is 75.9 cm³/mol. The van der Waals surface area contributed by atoms with E-state index >= 15 is 0 Å². The minimum Gasteiger partial charge on any atom is -0.497 e. The molecule has 0 atom stereocenters. The minimum atomic E-state index is -1.61. The molecule has 1 rings (SSSR count). The number of hydrogen-bond donors (Lipinski definition) is 3. The smallest absolute Gasteiger partial charge is 0.488 e. The largest absolute Gasteiger partial charge is 0.497 e.